The minimum atomic E-state index is -1.02. The molecule has 6 nitrogen and oxygen atoms in total. The van der Waals surface area contributed by atoms with Crippen molar-refractivity contribution >= 4 is 52.2 Å². The Labute approximate surface area is 205 Å². The number of carboxylic acid groups (broad SMARTS) is 1. The number of halogens is 2. The van der Waals surface area contributed by atoms with E-state index in [1.807, 2.05) is 0 Å². The van der Waals surface area contributed by atoms with Crippen LogP contribution in [0.5, 0.6) is 0 Å². The number of benzene rings is 3. The molecule has 0 fully saturated rings. The lowest BCUT2D eigenvalue weighted by molar-refractivity contribution is -0.136. The van der Waals surface area contributed by atoms with E-state index in [2.05, 4.69) is 5.32 Å². The fraction of sp³-hybridized carbons (Fsp3) is 0.0769. The van der Waals surface area contributed by atoms with E-state index < -0.39 is 17.7 Å². The van der Waals surface area contributed by atoms with Crippen LogP contribution in [0.2, 0.25) is 10.0 Å². The van der Waals surface area contributed by atoms with E-state index in [9.17, 15) is 19.2 Å². The van der Waals surface area contributed by atoms with Crippen molar-refractivity contribution in [3.8, 4) is 0 Å². The molecule has 0 aliphatic heterocycles. The molecule has 1 amide bonds. The molecule has 3 aromatic carbocycles. The number of Topliss-reactive ketones (excluding diaryl/α,β-unsaturated/α-hetero) is 1. The Morgan fingerprint density at radius 1 is 0.706 bits per heavy atom. The summed E-state index contributed by atoms with van der Waals surface area (Å²) >= 11 is 11.9. The number of ketones is 2. The highest BCUT2D eigenvalue weighted by Crippen LogP contribution is 2.23. The van der Waals surface area contributed by atoms with Crippen molar-refractivity contribution in [1.29, 1.82) is 0 Å². The maximum Gasteiger partial charge on any atom is 0.305 e. The highest BCUT2D eigenvalue weighted by atomic mass is 35.5. The van der Waals surface area contributed by atoms with Crippen LogP contribution in [0, 0.1) is 0 Å². The Morgan fingerprint density at radius 3 is 1.71 bits per heavy atom. The van der Waals surface area contributed by atoms with Crippen molar-refractivity contribution in [2.75, 3.05) is 6.54 Å². The van der Waals surface area contributed by atoms with Crippen molar-refractivity contribution in [3.05, 3.63) is 111 Å². The second-order valence-corrected chi connectivity index (χ2v) is 8.12. The number of carbonyl (C=O) groups excluding carboxylic acids is 3. The van der Waals surface area contributed by atoms with Crippen LogP contribution in [-0.4, -0.2) is 35.1 Å². The van der Waals surface area contributed by atoms with E-state index in [0.29, 0.717) is 21.2 Å². The molecule has 0 aromatic heterocycles. The van der Waals surface area contributed by atoms with Crippen LogP contribution in [0.4, 0.5) is 0 Å². The molecule has 34 heavy (non-hydrogen) atoms. The first-order chi connectivity index (χ1) is 16.2. The summed E-state index contributed by atoms with van der Waals surface area (Å²) in [6.45, 7) is -0.00882. The van der Waals surface area contributed by atoms with Crippen LogP contribution in [-0.2, 0) is 4.79 Å². The van der Waals surface area contributed by atoms with E-state index in [-0.39, 0.29) is 35.4 Å². The molecule has 2 N–H and O–H groups in total. The van der Waals surface area contributed by atoms with E-state index in [4.69, 9.17) is 28.3 Å². The molecule has 0 aliphatic rings. The van der Waals surface area contributed by atoms with Gasteiger partial charge in [-0.05, 0) is 60.2 Å². The van der Waals surface area contributed by atoms with Crippen LogP contribution in [0.15, 0.2) is 78.9 Å². The number of amides is 1. The zero-order valence-corrected chi connectivity index (χ0v) is 19.3. The number of hydrogen-bond donors (Lipinski definition) is 2. The van der Waals surface area contributed by atoms with Crippen molar-refractivity contribution < 1.29 is 24.3 Å². The Hall–Kier alpha value is -3.74. The maximum absolute atomic E-state index is 13.3. The SMILES string of the molecule is O=C(O)CCNC(=O)c1ccc(C(=O)/C(=C/C(=O)c2ccc(Cl)cc2)c2ccc(Cl)cc2)cc1. The van der Waals surface area contributed by atoms with Crippen molar-refractivity contribution in [2.24, 2.45) is 0 Å². The second-order valence-electron chi connectivity index (χ2n) is 7.24. The van der Waals surface area contributed by atoms with Gasteiger partial charge in [0.15, 0.2) is 11.6 Å². The Kier molecular flexibility index (Phi) is 8.35. The molecule has 0 heterocycles. The first-order valence-electron chi connectivity index (χ1n) is 10.2. The highest BCUT2D eigenvalue weighted by molar-refractivity contribution is 6.34. The Balaban J connectivity index is 1.88. The predicted molar refractivity (Wildman–Crippen MR) is 131 cm³/mol. The normalized spacial score (nSPS) is 11.1. The first kappa shape index (κ1) is 24.9. The predicted octanol–water partition coefficient (Wildman–Crippen LogP) is 5.35. The minimum Gasteiger partial charge on any atom is -0.481 e. The van der Waals surface area contributed by atoms with Gasteiger partial charge >= 0.3 is 5.97 Å². The molecule has 3 rings (SSSR count). The lowest BCUT2D eigenvalue weighted by Crippen LogP contribution is -2.26. The number of nitrogens with one attached hydrogen (secondary N) is 1. The van der Waals surface area contributed by atoms with E-state index in [1.54, 1.807) is 48.5 Å². The summed E-state index contributed by atoms with van der Waals surface area (Å²) in [5.41, 5.74) is 1.59. The fourth-order valence-electron chi connectivity index (χ4n) is 3.05. The van der Waals surface area contributed by atoms with Gasteiger partial charge in [0.1, 0.15) is 0 Å². The molecule has 0 aliphatic carbocycles. The van der Waals surface area contributed by atoms with Crippen LogP contribution < -0.4 is 5.32 Å². The number of allylic oxidation sites excluding steroid dienone is 2. The van der Waals surface area contributed by atoms with E-state index in [1.165, 1.54) is 30.3 Å². The molecule has 0 bridgehead atoms. The van der Waals surface area contributed by atoms with Crippen LogP contribution >= 0.6 is 23.2 Å². The Morgan fingerprint density at radius 2 is 1.18 bits per heavy atom. The number of hydrogen-bond acceptors (Lipinski definition) is 4. The van der Waals surface area contributed by atoms with Gasteiger partial charge in [-0.15, -0.1) is 0 Å². The standard InChI is InChI=1S/C26H19Cl2NO5/c27-20-9-5-16(6-10-20)22(15-23(30)17-7-11-21(28)12-8-17)25(33)18-1-3-19(4-2-18)26(34)29-14-13-24(31)32/h1-12,15H,13-14H2,(H,29,34)(H,31,32)/b22-15+. The molecular weight excluding hydrogens is 477 g/mol. The van der Waals surface area contributed by atoms with Crippen LogP contribution in [0.1, 0.15) is 43.1 Å². The monoisotopic (exact) mass is 495 g/mol. The number of aliphatic carboxylic acids is 1. The number of carbonyl (C=O) groups is 4. The van der Waals surface area contributed by atoms with Crippen molar-refractivity contribution in [2.45, 2.75) is 6.42 Å². The molecule has 0 radical (unpaired) electrons. The molecule has 0 atom stereocenters. The third-order valence-electron chi connectivity index (χ3n) is 4.84. The quantitative estimate of drug-likeness (QED) is 0.308. The van der Waals surface area contributed by atoms with Crippen molar-refractivity contribution in [1.82, 2.24) is 5.32 Å². The largest absolute Gasteiger partial charge is 0.481 e. The average Bonchev–Trinajstić information content (AvgIpc) is 2.83. The molecule has 0 saturated heterocycles. The lowest BCUT2D eigenvalue weighted by atomic mass is 9.94. The van der Waals surface area contributed by atoms with Gasteiger partial charge in [-0.3, -0.25) is 19.2 Å². The van der Waals surface area contributed by atoms with E-state index in [0.717, 1.165) is 0 Å². The summed E-state index contributed by atoms with van der Waals surface area (Å²) in [5, 5.41) is 12.1. The molecule has 0 spiro atoms. The fourth-order valence-corrected chi connectivity index (χ4v) is 3.30. The smallest absolute Gasteiger partial charge is 0.305 e. The van der Waals surface area contributed by atoms with Crippen LogP contribution in [0.25, 0.3) is 5.57 Å². The highest BCUT2D eigenvalue weighted by Gasteiger charge is 2.18. The summed E-state index contributed by atoms with van der Waals surface area (Å²) in [4.78, 5) is 48.9. The van der Waals surface area contributed by atoms with Gasteiger partial charge in [-0.2, -0.15) is 0 Å². The third-order valence-corrected chi connectivity index (χ3v) is 5.34. The van der Waals surface area contributed by atoms with Crippen molar-refractivity contribution in [3.63, 3.8) is 0 Å². The summed E-state index contributed by atoms with van der Waals surface area (Å²) in [6.07, 6.45) is 1.07. The summed E-state index contributed by atoms with van der Waals surface area (Å²) < 4.78 is 0. The number of carboxylic acids is 1. The van der Waals surface area contributed by atoms with Gasteiger partial charge in [-0.1, -0.05) is 47.5 Å². The average molecular weight is 496 g/mol. The lowest BCUT2D eigenvalue weighted by Gasteiger charge is -2.09. The second kappa shape index (κ2) is 11.4. The topological polar surface area (TPSA) is 101 Å². The third kappa shape index (κ3) is 6.63. The van der Waals surface area contributed by atoms with Gasteiger partial charge in [0, 0.05) is 38.9 Å². The maximum atomic E-state index is 13.3. The number of rotatable bonds is 9. The summed E-state index contributed by atoms with van der Waals surface area (Å²) in [7, 11) is 0. The van der Waals surface area contributed by atoms with Gasteiger partial charge in [-0.25, -0.2) is 0 Å². The van der Waals surface area contributed by atoms with Crippen LogP contribution in [0.3, 0.4) is 0 Å². The van der Waals surface area contributed by atoms with Gasteiger partial charge < -0.3 is 10.4 Å². The van der Waals surface area contributed by atoms with Gasteiger partial charge in [0.25, 0.3) is 5.91 Å². The molecular formula is C26H19Cl2NO5. The van der Waals surface area contributed by atoms with Gasteiger partial charge in [0.05, 0.1) is 6.42 Å². The molecule has 3 aromatic rings. The molecule has 0 unspecified atom stereocenters. The Bertz CT molecular complexity index is 1250. The summed E-state index contributed by atoms with van der Waals surface area (Å²) in [6, 6.07) is 18.7. The minimum absolute atomic E-state index is 0.00882. The first-order valence-corrected chi connectivity index (χ1v) is 10.9. The summed E-state index contributed by atoms with van der Waals surface area (Å²) in [5.74, 6) is -2.26. The zero-order valence-electron chi connectivity index (χ0n) is 17.8. The zero-order chi connectivity index (χ0) is 24.7. The molecule has 172 valence electrons. The van der Waals surface area contributed by atoms with E-state index >= 15 is 0 Å². The molecule has 8 heteroatoms. The molecule has 0 saturated carbocycles. The van der Waals surface area contributed by atoms with Gasteiger partial charge in [0.2, 0.25) is 0 Å².